The maximum absolute atomic E-state index is 13.8. The monoisotopic (exact) mass is 490 g/mol. The van der Waals surface area contributed by atoms with E-state index in [9.17, 15) is 14.4 Å². The van der Waals surface area contributed by atoms with Gasteiger partial charge in [0, 0.05) is 10.6 Å². The van der Waals surface area contributed by atoms with Gasteiger partial charge in [-0.25, -0.2) is 4.79 Å². The van der Waals surface area contributed by atoms with Crippen molar-refractivity contribution in [1.82, 2.24) is 0 Å². The molecule has 0 N–H and O–H groups in total. The van der Waals surface area contributed by atoms with E-state index in [-0.39, 0.29) is 5.75 Å². The van der Waals surface area contributed by atoms with Gasteiger partial charge in [0.2, 0.25) is 0 Å². The molecule has 1 fully saturated rings. The number of ether oxygens (including phenoxy) is 3. The largest absolute Gasteiger partial charge is 0.467 e. The Labute approximate surface area is 207 Å². The maximum atomic E-state index is 13.8. The van der Waals surface area contributed by atoms with Crippen molar-refractivity contribution in [3.8, 4) is 5.75 Å². The average Bonchev–Trinajstić information content (AvgIpc) is 3.19. The first-order valence-corrected chi connectivity index (χ1v) is 11.6. The Morgan fingerprint density at radius 2 is 1.63 bits per heavy atom. The van der Waals surface area contributed by atoms with E-state index in [1.807, 2.05) is 19.1 Å². The van der Waals surface area contributed by atoms with Gasteiger partial charge in [-0.2, -0.15) is 0 Å². The molecule has 3 aromatic rings. The Balaban J connectivity index is 1.90. The second-order valence-electron chi connectivity index (χ2n) is 8.93. The van der Waals surface area contributed by atoms with Gasteiger partial charge in [0.15, 0.2) is 16.8 Å². The van der Waals surface area contributed by atoms with E-state index in [2.05, 4.69) is 0 Å². The zero-order chi connectivity index (χ0) is 25.0. The van der Waals surface area contributed by atoms with Gasteiger partial charge in [-0.05, 0) is 43.2 Å². The fourth-order valence-corrected chi connectivity index (χ4v) is 5.60. The third kappa shape index (κ3) is 3.17. The summed E-state index contributed by atoms with van der Waals surface area (Å²) in [7, 11) is 1.26. The normalized spacial score (nSPS) is 26.9. The number of Topliss-reactive ketones (excluding diaryl/α,β-unsaturated/α-hetero) is 1. The van der Waals surface area contributed by atoms with Crippen molar-refractivity contribution in [2.45, 2.75) is 31.5 Å². The van der Waals surface area contributed by atoms with Gasteiger partial charge in [0.05, 0.1) is 13.0 Å². The minimum absolute atomic E-state index is 0.273. The summed E-state index contributed by atoms with van der Waals surface area (Å²) in [5.74, 6) is -2.74. The fraction of sp³-hybridized carbons (Fsp3) is 0.250. The molecular formula is C28H23ClO6. The lowest BCUT2D eigenvalue weighted by Crippen LogP contribution is -2.53. The number of fused-ring (bicyclic) bond motifs is 3. The van der Waals surface area contributed by atoms with Crippen molar-refractivity contribution in [3.05, 3.63) is 100 Å². The van der Waals surface area contributed by atoms with E-state index in [0.29, 0.717) is 21.7 Å². The highest BCUT2D eigenvalue weighted by atomic mass is 35.5. The molecule has 0 aromatic heterocycles. The van der Waals surface area contributed by atoms with Gasteiger partial charge in [-0.15, -0.1) is 0 Å². The summed E-state index contributed by atoms with van der Waals surface area (Å²) >= 11 is 6.15. The molecule has 0 saturated carbocycles. The first-order valence-electron chi connectivity index (χ1n) is 11.2. The van der Waals surface area contributed by atoms with Crippen LogP contribution in [0.2, 0.25) is 5.02 Å². The summed E-state index contributed by atoms with van der Waals surface area (Å²) in [4.78, 5) is 41.2. The second-order valence-corrected chi connectivity index (χ2v) is 9.36. The molecule has 0 spiro atoms. The van der Waals surface area contributed by atoms with E-state index < -0.39 is 40.8 Å². The number of carbonyl (C=O) groups is 3. The molecule has 0 aliphatic carbocycles. The van der Waals surface area contributed by atoms with Crippen LogP contribution in [0.5, 0.6) is 5.75 Å². The van der Waals surface area contributed by atoms with Crippen LogP contribution in [0.15, 0.2) is 72.8 Å². The molecule has 6 nitrogen and oxygen atoms in total. The summed E-state index contributed by atoms with van der Waals surface area (Å²) < 4.78 is 17.7. The van der Waals surface area contributed by atoms with Crippen molar-refractivity contribution in [2.75, 3.05) is 7.11 Å². The number of ketones is 1. The Hall–Kier alpha value is -3.48. The highest BCUT2D eigenvalue weighted by Gasteiger charge is 2.76. The smallest absolute Gasteiger partial charge is 0.343 e. The number of rotatable bonds is 4. The van der Waals surface area contributed by atoms with Gasteiger partial charge < -0.3 is 14.2 Å². The van der Waals surface area contributed by atoms with E-state index in [1.54, 1.807) is 60.7 Å². The zero-order valence-electron chi connectivity index (χ0n) is 19.4. The molecule has 1 saturated heterocycles. The molecule has 5 rings (SSSR count). The van der Waals surface area contributed by atoms with E-state index in [4.69, 9.17) is 25.8 Å². The molecule has 0 amide bonds. The third-order valence-corrected chi connectivity index (χ3v) is 7.33. The molecular weight excluding hydrogens is 468 g/mol. The lowest BCUT2D eigenvalue weighted by molar-refractivity contribution is -0.172. The predicted octanol–water partition coefficient (Wildman–Crippen LogP) is 5.07. The Bertz CT molecular complexity index is 1330. The van der Waals surface area contributed by atoms with E-state index >= 15 is 0 Å². The maximum Gasteiger partial charge on any atom is 0.343 e. The lowest BCUT2D eigenvalue weighted by Gasteiger charge is -2.41. The average molecular weight is 491 g/mol. The third-order valence-electron chi connectivity index (χ3n) is 7.07. The Morgan fingerprint density at radius 1 is 0.971 bits per heavy atom. The number of aryl methyl sites for hydroxylation is 1. The molecule has 2 aliphatic heterocycles. The highest BCUT2D eigenvalue weighted by molar-refractivity contribution is 6.30. The van der Waals surface area contributed by atoms with Crippen molar-refractivity contribution < 1.29 is 28.6 Å². The predicted molar refractivity (Wildman–Crippen MR) is 128 cm³/mol. The topological polar surface area (TPSA) is 78.9 Å². The van der Waals surface area contributed by atoms with Crippen LogP contribution in [-0.4, -0.2) is 24.8 Å². The van der Waals surface area contributed by atoms with Gasteiger partial charge in [-0.3, -0.25) is 9.59 Å². The number of methoxy groups -OCH3 is 1. The molecule has 35 heavy (non-hydrogen) atoms. The lowest BCUT2D eigenvalue weighted by atomic mass is 9.59. The first kappa shape index (κ1) is 23.3. The van der Waals surface area contributed by atoms with E-state index in [1.165, 1.54) is 14.0 Å². The number of para-hydroxylation sites is 1. The molecule has 2 aliphatic rings. The number of halogens is 1. The standard InChI is InChI=1S/C28H23ClO6/c1-16-8-10-18(11-9-16)24-27(17(2)30)23(21-6-4-5-7-22(21)34-25(27)31)28(35-24,26(32)33-3)19-12-14-20(29)15-13-19/h4-15,23-24H,1-3H3. The van der Waals surface area contributed by atoms with Gasteiger partial charge >= 0.3 is 11.9 Å². The van der Waals surface area contributed by atoms with Crippen LogP contribution in [0.25, 0.3) is 0 Å². The molecule has 7 heteroatoms. The van der Waals surface area contributed by atoms with Crippen molar-refractivity contribution in [2.24, 2.45) is 5.41 Å². The van der Waals surface area contributed by atoms with Crippen LogP contribution < -0.4 is 4.74 Å². The summed E-state index contributed by atoms with van der Waals surface area (Å²) in [5, 5.41) is 0.461. The van der Waals surface area contributed by atoms with E-state index in [0.717, 1.165) is 5.56 Å². The van der Waals surface area contributed by atoms with Crippen molar-refractivity contribution >= 4 is 29.3 Å². The highest BCUT2D eigenvalue weighted by Crippen LogP contribution is 2.68. The second kappa shape index (κ2) is 8.33. The van der Waals surface area contributed by atoms with Crippen molar-refractivity contribution in [1.29, 1.82) is 0 Å². The first-order chi connectivity index (χ1) is 16.8. The molecule has 178 valence electrons. The SMILES string of the molecule is COC(=O)C1(c2ccc(Cl)cc2)OC(c2ccc(C)cc2)C2(C(C)=O)C(=O)Oc3ccccc3C12. The molecule has 2 heterocycles. The summed E-state index contributed by atoms with van der Waals surface area (Å²) in [6, 6.07) is 20.8. The molecule has 3 aromatic carbocycles. The van der Waals surface area contributed by atoms with Crippen LogP contribution in [0.3, 0.4) is 0 Å². The van der Waals surface area contributed by atoms with Gasteiger partial charge in [0.25, 0.3) is 0 Å². The Morgan fingerprint density at radius 3 is 2.26 bits per heavy atom. The number of hydrogen-bond acceptors (Lipinski definition) is 6. The van der Waals surface area contributed by atoms with Crippen LogP contribution in [-0.2, 0) is 29.5 Å². The molecule has 4 unspecified atom stereocenters. The van der Waals surface area contributed by atoms with Crippen LogP contribution in [0.4, 0.5) is 0 Å². The Kier molecular flexibility index (Phi) is 5.54. The molecule has 4 atom stereocenters. The quantitative estimate of drug-likeness (QED) is 0.289. The number of esters is 2. The zero-order valence-corrected chi connectivity index (χ0v) is 20.2. The number of carbonyl (C=O) groups excluding carboxylic acids is 3. The van der Waals surface area contributed by atoms with Gasteiger partial charge in [-0.1, -0.05) is 71.8 Å². The summed E-state index contributed by atoms with van der Waals surface area (Å²) in [6.45, 7) is 3.27. The van der Waals surface area contributed by atoms with Crippen molar-refractivity contribution in [3.63, 3.8) is 0 Å². The molecule has 0 bridgehead atoms. The summed E-state index contributed by atoms with van der Waals surface area (Å²) in [6.07, 6.45) is -1.11. The summed E-state index contributed by atoms with van der Waals surface area (Å²) in [5.41, 5.74) is -1.16. The minimum atomic E-state index is -1.84. The van der Waals surface area contributed by atoms with Crippen LogP contribution in [0, 0.1) is 12.3 Å². The van der Waals surface area contributed by atoms with Crippen LogP contribution >= 0.6 is 11.6 Å². The number of benzene rings is 3. The number of hydrogen-bond donors (Lipinski definition) is 0. The van der Waals surface area contributed by atoms with Gasteiger partial charge in [0.1, 0.15) is 11.9 Å². The van der Waals surface area contributed by atoms with Crippen LogP contribution in [0.1, 0.15) is 41.2 Å². The molecule has 0 radical (unpaired) electrons. The minimum Gasteiger partial charge on any atom is -0.467 e. The fourth-order valence-electron chi connectivity index (χ4n) is 5.48.